The van der Waals surface area contributed by atoms with Gasteiger partial charge in [0, 0.05) is 17.7 Å². The first-order valence-corrected chi connectivity index (χ1v) is 19.3. The molecule has 4 aliphatic heterocycles. The SMILES string of the molecule is CC1O[C@@H](OCC2O[C@@H](Oc3c(-c4ccc(O)cc4)oc4cc(O[C@@H]5OC(CO)[C@@H](O)[C@H](O)C5O)cc(O)c4c3=O)C(O[C@@H]3OC[C@@H](O)C(O)[C@H]3O)C(O)[C@@H]2O)C(O)[C@@H](O)[C@H]1O. The van der Waals surface area contributed by atoms with Gasteiger partial charge in [-0.3, -0.25) is 4.79 Å². The van der Waals surface area contributed by atoms with E-state index in [1.807, 2.05) is 0 Å². The molecule has 1 aromatic heterocycles. The fourth-order valence-electron chi connectivity index (χ4n) is 7.33. The molecular formula is C38H48O24. The van der Waals surface area contributed by atoms with E-state index in [0.29, 0.717) is 0 Å². The number of aromatic hydroxyl groups is 2. The van der Waals surface area contributed by atoms with Gasteiger partial charge >= 0.3 is 0 Å². The molecule has 14 N–H and O–H groups in total. The number of ether oxygens (including phenoxy) is 8. The highest BCUT2D eigenvalue weighted by Gasteiger charge is 2.52. The van der Waals surface area contributed by atoms with E-state index in [0.717, 1.165) is 12.1 Å². The summed E-state index contributed by atoms with van der Waals surface area (Å²) >= 11 is 0. The van der Waals surface area contributed by atoms with E-state index in [-0.39, 0.29) is 22.6 Å². The highest BCUT2D eigenvalue weighted by molar-refractivity contribution is 5.88. The Hall–Kier alpha value is -3.87. The molecular weight excluding hydrogens is 840 g/mol. The number of phenolic OH excluding ortho intramolecular Hbond substituents is 2. The Morgan fingerprint density at radius 2 is 1.29 bits per heavy atom. The minimum atomic E-state index is -2.06. The van der Waals surface area contributed by atoms with Gasteiger partial charge in [0.2, 0.25) is 23.8 Å². The van der Waals surface area contributed by atoms with E-state index in [9.17, 15) is 76.3 Å². The van der Waals surface area contributed by atoms with Crippen molar-refractivity contribution in [2.45, 2.75) is 124 Å². The fraction of sp³-hybridized carbons (Fsp3) is 0.605. The first kappa shape index (κ1) is 46.1. The second-order valence-electron chi connectivity index (χ2n) is 15.3. The Balaban J connectivity index is 1.26. The van der Waals surface area contributed by atoms with Crippen LogP contribution in [0.15, 0.2) is 45.6 Å². The van der Waals surface area contributed by atoms with Crippen LogP contribution in [0.5, 0.6) is 23.0 Å². The first-order valence-electron chi connectivity index (χ1n) is 19.3. The monoisotopic (exact) mass is 888 g/mol. The summed E-state index contributed by atoms with van der Waals surface area (Å²) in [5, 5.41) is 146. The molecule has 24 nitrogen and oxygen atoms in total. The summed E-state index contributed by atoms with van der Waals surface area (Å²) in [4.78, 5) is 14.5. The molecule has 62 heavy (non-hydrogen) atoms. The summed E-state index contributed by atoms with van der Waals surface area (Å²) in [7, 11) is 0. The third-order valence-electron chi connectivity index (χ3n) is 11.0. The zero-order chi connectivity index (χ0) is 44.9. The number of fused-ring (bicyclic) bond motifs is 1. The van der Waals surface area contributed by atoms with Crippen molar-refractivity contribution in [3.8, 4) is 34.3 Å². The van der Waals surface area contributed by atoms with Crippen molar-refractivity contribution >= 4 is 11.0 Å². The Morgan fingerprint density at radius 3 is 1.98 bits per heavy atom. The summed E-state index contributed by atoms with van der Waals surface area (Å²) in [6.45, 7) is -0.652. The van der Waals surface area contributed by atoms with Crippen molar-refractivity contribution < 1.29 is 114 Å². The van der Waals surface area contributed by atoms with Gasteiger partial charge in [-0.15, -0.1) is 0 Å². The van der Waals surface area contributed by atoms with Crippen LogP contribution in [-0.2, 0) is 28.4 Å². The molecule has 7 rings (SSSR count). The molecule has 0 bridgehead atoms. The highest BCUT2D eigenvalue weighted by atomic mass is 16.8. The molecule has 0 saturated carbocycles. The van der Waals surface area contributed by atoms with Gasteiger partial charge in [0.25, 0.3) is 0 Å². The molecule has 4 fully saturated rings. The summed E-state index contributed by atoms with van der Waals surface area (Å²) in [5.74, 6) is -2.50. The molecule has 344 valence electrons. The third-order valence-corrected chi connectivity index (χ3v) is 11.0. The lowest BCUT2D eigenvalue weighted by molar-refractivity contribution is -0.352. The van der Waals surface area contributed by atoms with Crippen molar-refractivity contribution in [2.75, 3.05) is 19.8 Å². The number of benzene rings is 2. The van der Waals surface area contributed by atoms with Gasteiger partial charge in [-0.2, -0.15) is 0 Å². The second-order valence-corrected chi connectivity index (χ2v) is 15.3. The summed E-state index contributed by atoms with van der Waals surface area (Å²) in [6.07, 6.45) is -32.7. The van der Waals surface area contributed by atoms with Gasteiger partial charge in [-0.1, -0.05) is 0 Å². The largest absolute Gasteiger partial charge is 0.508 e. The number of hydrogen-bond donors (Lipinski definition) is 14. The van der Waals surface area contributed by atoms with Gasteiger partial charge in [-0.05, 0) is 31.2 Å². The second kappa shape index (κ2) is 18.7. The van der Waals surface area contributed by atoms with Crippen molar-refractivity contribution in [1.29, 1.82) is 0 Å². The molecule has 0 radical (unpaired) electrons. The quantitative estimate of drug-likeness (QED) is 0.0854. The lowest BCUT2D eigenvalue weighted by Crippen LogP contribution is -2.64. The van der Waals surface area contributed by atoms with Crippen molar-refractivity contribution in [2.24, 2.45) is 0 Å². The zero-order valence-electron chi connectivity index (χ0n) is 32.4. The summed E-state index contributed by atoms with van der Waals surface area (Å²) in [5.41, 5.74) is -1.45. The molecule has 24 heteroatoms. The maximum atomic E-state index is 14.5. The minimum Gasteiger partial charge on any atom is -0.508 e. The summed E-state index contributed by atoms with van der Waals surface area (Å²) in [6, 6.07) is 7.02. The molecule has 2 aromatic carbocycles. The van der Waals surface area contributed by atoms with E-state index < -0.39 is 165 Å². The van der Waals surface area contributed by atoms with Crippen molar-refractivity contribution in [1.82, 2.24) is 0 Å². The van der Waals surface area contributed by atoms with Crippen LogP contribution in [0.25, 0.3) is 22.3 Å². The standard InChI is InChI=1S/C38H48O24/c1-11-21(43)26(48)30(52)35(56-11)55-10-19-24(46)28(50)34(62-36-29(51)22(44)16(42)9-54-36)38(60-19)61-33-25(47)20-15(41)6-14(57-37-31(53)27(49)23(45)18(8-39)59-37)7-17(20)58-32(33)12-2-4-13(40)5-3-12/h2-7,11,16,18-19,21-24,26-31,34-46,48-53H,8-10H2,1H3/t11?,16-,18?,19?,21+,22?,23-,24-,26+,27+,28?,29-,30?,31?,34?,35-,36+,37-,38+/m1/s1. The van der Waals surface area contributed by atoms with Gasteiger partial charge in [-0.25, -0.2) is 0 Å². The molecule has 0 spiro atoms. The van der Waals surface area contributed by atoms with E-state index in [4.69, 9.17) is 42.3 Å². The van der Waals surface area contributed by atoms with Crippen molar-refractivity contribution in [3.05, 3.63) is 46.6 Å². The minimum absolute atomic E-state index is 0.0479. The predicted molar refractivity (Wildman–Crippen MR) is 198 cm³/mol. The number of rotatable bonds is 11. The van der Waals surface area contributed by atoms with Crippen LogP contribution in [0.2, 0.25) is 0 Å². The maximum Gasteiger partial charge on any atom is 0.239 e. The Bertz CT molecular complexity index is 2050. The predicted octanol–water partition coefficient (Wildman–Crippen LogP) is -5.46. The van der Waals surface area contributed by atoms with Crippen LogP contribution in [0.1, 0.15) is 6.92 Å². The lowest BCUT2D eigenvalue weighted by atomic mass is 9.98. The smallest absolute Gasteiger partial charge is 0.239 e. The van der Waals surface area contributed by atoms with E-state index in [2.05, 4.69) is 0 Å². The van der Waals surface area contributed by atoms with Crippen LogP contribution in [0.4, 0.5) is 0 Å². The first-order chi connectivity index (χ1) is 29.4. The maximum absolute atomic E-state index is 14.5. The van der Waals surface area contributed by atoms with Crippen LogP contribution in [0, 0.1) is 0 Å². The van der Waals surface area contributed by atoms with E-state index in [1.165, 1.54) is 31.2 Å². The van der Waals surface area contributed by atoms with Gasteiger partial charge in [0.1, 0.15) is 108 Å². The zero-order valence-corrected chi connectivity index (χ0v) is 32.4. The molecule has 0 aliphatic carbocycles. The van der Waals surface area contributed by atoms with Gasteiger partial charge < -0.3 is 114 Å². The third kappa shape index (κ3) is 8.94. The van der Waals surface area contributed by atoms with Gasteiger partial charge in [0.15, 0.2) is 24.4 Å². The average Bonchev–Trinajstić information content (AvgIpc) is 3.24. The highest BCUT2D eigenvalue weighted by Crippen LogP contribution is 2.39. The average molecular weight is 889 g/mol. The molecule has 0 amide bonds. The molecule has 4 saturated heterocycles. The van der Waals surface area contributed by atoms with Crippen molar-refractivity contribution in [3.63, 3.8) is 0 Å². The van der Waals surface area contributed by atoms with Crippen LogP contribution in [-0.4, -0.2) is 208 Å². The molecule has 8 unspecified atom stereocenters. The Labute approximate surface area is 349 Å². The number of phenols is 2. The topological polar surface area (TPSA) is 387 Å². The Morgan fingerprint density at radius 1 is 0.661 bits per heavy atom. The molecule has 3 aromatic rings. The lowest BCUT2D eigenvalue weighted by Gasteiger charge is -2.45. The fourth-order valence-corrected chi connectivity index (χ4v) is 7.33. The molecule has 5 heterocycles. The van der Waals surface area contributed by atoms with E-state index in [1.54, 1.807) is 0 Å². The van der Waals surface area contributed by atoms with Crippen LogP contribution >= 0.6 is 0 Å². The van der Waals surface area contributed by atoms with Crippen LogP contribution in [0.3, 0.4) is 0 Å². The van der Waals surface area contributed by atoms with Gasteiger partial charge in [0.05, 0.1) is 25.9 Å². The normalized spacial score (nSPS) is 40.3. The Kier molecular flexibility index (Phi) is 13.9. The number of hydrogen-bond acceptors (Lipinski definition) is 24. The molecule has 19 atom stereocenters. The number of aliphatic hydroxyl groups is 12. The van der Waals surface area contributed by atoms with Crippen LogP contribution < -0.4 is 14.9 Å². The molecule has 4 aliphatic rings. The summed E-state index contributed by atoms with van der Waals surface area (Å²) < 4.78 is 51.4. The number of aliphatic hydroxyl groups excluding tert-OH is 12. The van der Waals surface area contributed by atoms with E-state index >= 15 is 0 Å².